The van der Waals surface area contributed by atoms with Crippen LogP contribution >= 0.6 is 0 Å². The minimum Gasteiger partial charge on any atom is -0.497 e. The number of amides is 3. The number of rotatable bonds is 4. The molecule has 1 atom stereocenters. The number of likely N-dealkylation sites (tertiary alicyclic amines) is 1. The summed E-state index contributed by atoms with van der Waals surface area (Å²) in [4.78, 5) is 31.7. The van der Waals surface area contributed by atoms with Gasteiger partial charge in [0, 0.05) is 55.8 Å². The number of aromatic amines is 1. The second kappa shape index (κ2) is 7.26. The molecule has 2 aromatic rings. The lowest BCUT2D eigenvalue weighted by Crippen LogP contribution is -2.69. The lowest BCUT2D eigenvalue weighted by atomic mass is 9.69. The highest BCUT2D eigenvalue weighted by atomic mass is 16.5. The van der Waals surface area contributed by atoms with Crippen LogP contribution in [0.25, 0.3) is 10.9 Å². The first-order valence-electron chi connectivity index (χ1n) is 10.0. The third-order valence-electron chi connectivity index (χ3n) is 6.13. The van der Waals surface area contributed by atoms with Crippen molar-refractivity contribution in [3.8, 4) is 5.75 Å². The van der Waals surface area contributed by atoms with Crippen molar-refractivity contribution >= 4 is 22.8 Å². The van der Waals surface area contributed by atoms with E-state index in [9.17, 15) is 14.7 Å². The Bertz CT molecular complexity index is 948. The number of fused-ring (bicyclic) bond motifs is 4. The maximum atomic E-state index is 12.4. The normalized spacial score (nSPS) is 19.8. The summed E-state index contributed by atoms with van der Waals surface area (Å²) in [5, 5.41) is 14.0. The molecule has 8 nitrogen and oxygen atoms in total. The van der Waals surface area contributed by atoms with Crippen LogP contribution in [0, 0.1) is 0 Å². The van der Waals surface area contributed by atoms with Gasteiger partial charge in [0.15, 0.2) is 0 Å². The molecule has 1 spiro atoms. The van der Waals surface area contributed by atoms with Crippen molar-refractivity contribution in [2.24, 2.45) is 0 Å². The van der Waals surface area contributed by atoms with E-state index in [0.29, 0.717) is 26.2 Å². The van der Waals surface area contributed by atoms with Gasteiger partial charge in [0.1, 0.15) is 5.75 Å². The fourth-order valence-electron chi connectivity index (χ4n) is 4.77. The zero-order valence-corrected chi connectivity index (χ0v) is 17.1. The average Bonchev–Trinajstić information content (AvgIpc) is 3.07. The van der Waals surface area contributed by atoms with Gasteiger partial charge in [0.25, 0.3) is 0 Å². The molecule has 3 N–H and O–H groups in total. The minimum atomic E-state index is -0.422. The van der Waals surface area contributed by atoms with Crippen molar-refractivity contribution in [3.05, 3.63) is 29.5 Å². The van der Waals surface area contributed by atoms with Gasteiger partial charge in [0.2, 0.25) is 5.91 Å². The maximum absolute atomic E-state index is 12.4. The van der Waals surface area contributed by atoms with Crippen molar-refractivity contribution in [2.75, 3.05) is 39.9 Å². The topological polar surface area (TPSA) is 97.9 Å². The molecule has 3 heterocycles. The van der Waals surface area contributed by atoms with Crippen LogP contribution in [0.5, 0.6) is 5.75 Å². The number of carbonyl (C=O) groups is 2. The highest BCUT2D eigenvalue weighted by Crippen LogP contribution is 2.48. The molecule has 8 heteroatoms. The van der Waals surface area contributed by atoms with Gasteiger partial charge in [-0.05, 0) is 24.1 Å². The molecule has 2 aliphatic rings. The van der Waals surface area contributed by atoms with E-state index in [0.717, 1.165) is 34.3 Å². The Kier molecular flexibility index (Phi) is 4.90. The molecular formula is C21H28N4O4. The Morgan fingerprint density at radius 3 is 2.72 bits per heavy atom. The highest BCUT2D eigenvalue weighted by Gasteiger charge is 2.54. The summed E-state index contributed by atoms with van der Waals surface area (Å²) in [6.07, 6.45) is 0.884. The maximum Gasteiger partial charge on any atom is 0.317 e. The monoisotopic (exact) mass is 400 g/mol. The lowest BCUT2D eigenvalue weighted by molar-refractivity contribution is -0.135. The number of benzene rings is 1. The first-order valence-corrected chi connectivity index (χ1v) is 10.0. The average molecular weight is 400 g/mol. The number of aromatic nitrogens is 1. The minimum absolute atomic E-state index is 0.0702. The Labute approximate surface area is 169 Å². The summed E-state index contributed by atoms with van der Waals surface area (Å²) in [6.45, 7) is 5.59. The summed E-state index contributed by atoms with van der Waals surface area (Å²) in [5.74, 6) is 0.655. The summed E-state index contributed by atoms with van der Waals surface area (Å²) in [5.41, 5.74) is 2.52. The number of methoxy groups -OCH3 is 1. The van der Waals surface area contributed by atoms with Crippen molar-refractivity contribution in [3.63, 3.8) is 0 Å². The van der Waals surface area contributed by atoms with Crippen LogP contribution in [0.15, 0.2) is 18.2 Å². The van der Waals surface area contributed by atoms with Crippen LogP contribution in [-0.2, 0) is 10.2 Å². The number of urea groups is 1. The molecule has 29 heavy (non-hydrogen) atoms. The molecule has 0 radical (unpaired) electrons. The van der Waals surface area contributed by atoms with Gasteiger partial charge in [-0.2, -0.15) is 0 Å². The third-order valence-corrected chi connectivity index (χ3v) is 6.13. The van der Waals surface area contributed by atoms with Crippen molar-refractivity contribution in [2.45, 2.75) is 31.7 Å². The fraction of sp³-hybridized carbons (Fsp3) is 0.524. The largest absolute Gasteiger partial charge is 0.497 e. The summed E-state index contributed by atoms with van der Waals surface area (Å²) in [7, 11) is 1.62. The molecule has 1 aromatic heterocycles. The van der Waals surface area contributed by atoms with E-state index in [4.69, 9.17) is 4.74 Å². The van der Waals surface area contributed by atoms with E-state index < -0.39 is 6.04 Å². The molecule has 3 amide bonds. The summed E-state index contributed by atoms with van der Waals surface area (Å²) < 4.78 is 5.35. The van der Waals surface area contributed by atoms with Gasteiger partial charge in [-0.25, -0.2) is 4.79 Å². The smallest absolute Gasteiger partial charge is 0.317 e. The zero-order chi connectivity index (χ0) is 20.8. The van der Waals surface area contributed by atoms with E-state index in [-0.39, 0.29) is 24.0 Å². The Morgan fingerprint density at radius 2 is 2.10 bits per heavy atom. The van der Waals surface area contributed by atoms with E-state index in [1.165, 1.54) is 6.92 Å². The number of aliphatic hydroxyl groups is 1. The fourth-order valence-corrected chi connectivity index (χ4v) is 4.77. The zero-order valence-electron chi connectivity index (χ0n) is 17.1. The lowest BCUT2D eigenvalue weighted by Gasteiger charge is -2.55. The number of aliphatic hydroxyl groups excluding tert-OH is 1. The number of H-pyrrole nitrogens is 1. The first kappa shape index (κ1) is 19.6. The number of ether oxygens (including phenoxy) is 1. The van der Waals surface area contributed by atoms with Crippen LogP contribution in [0.2, 0.25) is 0 Å². The van der Waals surface area contributed by atoms with Crippen molar-refractivity contribution in [1.29, 1.82) is 0 Å². The van der Waals surface area contributed by atoms with E-state index >= 15 is 0 Å². The van der Waals surface area contributed by atoms with Crippen LogP contribution in [0.4, 0.5) is 4.79 Å². The number of carbonyl (C=O) groups excluding carboxylic acids is 2. The number of nitrogens with zero attached hydrogens (tertiary/aromatic N) is 2. The summed E-state index contributed by atoms with van der Waals surface area (Å²) in [6, 6.07) is 5.37. The number of nitrogens with one attached hydrogen (secondary N) is 2. The summed E-state index contributed by atoms with van der Waals surface area (Å²) >= 11 is 0. The second-order valence-corrected chi connectivity index (χ2v) is 8.04. The SMILES string of the molecule is CCCNC(=O)N1CC2(C1)CN(C(C)=O)[C@@H](CO)c1[nH]c3cc(OC)ccc3c12. The standard InChI is InChI=1S/C21H28N4O4/c1-4-7-22-20(28)24-10-21(11-24)12-25(13(2)27)17(9-26)19-18(21)15-6-5-14(29-3)8-16(15)23-19/h5-6,8,17,23,26H,4,7,9-12H2,1-3H3,(H,22,28)/t17-/m0/s1. The molecule has 156 valence electrons. The molecule has 2 aliphatic heterocycles. The predicted molar refractivity (Wildman–Crippen MR) is 109 cm³/mol. The predicted octanol–water partition coefficient (Wildman–Crippen LogP) is 1.75. The number of hydrogen-bond acceptors (Lipinski definition) is 4. The molecule has 4 rings (SSSR count). The van der Waals surface area contributed by atoms with Gasteiger partial charge in [-0.3, -0.25) is 4.79 Å². The Hall–Kier alpha value is -2.74. The van der Waals surface area contributed by atoms with Gasteiger partial charge in [0.05, 0.1) is 25.2 Å². The van der Waals surface area contributed by atoms with E-state index in [1.54, 1.807) is 16.9 Å². The molecule has 1 saturated heterocycles. The molecule has 0 bridgehead atoms. The van der Waals surface area contributed by atoms with Crippen LogP contribution < -0.4 is 10.1 Å². The van der Waals surface area contributed by atoms with E-state index in [1.807, 2.05) is 25.1 Å². The van der Waals surface area contributed by atoms with Gasteiger partial charge < -0.3 is 29.9 Å². The molecule has 0 unspecified atom stereocenters. The van der Waals surface area contributed by atoms with Gasteiger partial charge >= 0.3 is 6.03 Å². The molecular weight excluding hydrogens is 372 g/mol. The quantitative estimate of drug-likeness (QED) is 0.728. The molecule has 0 saturated carbocycles. The highest BCUT2D eigenvalue weighted by molar-refractivity contribution is 5.89. The third kappa shape index (κ3) is 3.02. The second-order valence-electron chi connectivity index (χ2n) is 8.04. The van der Waals surface area contributed by atoms with Crippen molar-refractivity contribution in [1.82, 2.24) is 20.1 Å². The van der Waals surface area contributed by atoms with E-state index in [2.05, 4.69) is 10.3 Å². The Balaban J connectivity index is 1.77. The van der Waals surface area contributed by atoms with Crippen LogP contribution in [0.1, 0.15) is 37.6 Å². The number of hydrogen-bond donors (Lipinski definition) is 3. The van der Waals surface area contributed by atoms with Crippen LogP contribution in [-0.4, -0.2) is 71.7 Å². The van der Waals surface area contributed by atoms with Gasteiger partial charge in [-0.1, -0.05) is 6.92 Å². The Morgan fingerprint density at radius 1 is 1.34 bits per heavy atom. The molecule has 1 fully saturated rings. The van der Waals surface area contributed by atoms with Crippen molar-refractivity contribution < 1.29 is 19.4 Å². The molecule has 1 aromatic carbocycles. The molecule has 0 aliphatic carbocycles. The first-order chi connectivity index (χ1) is 13.9. The van der Waals surface area contributed by atoms with Crippen LogP contribution in [0.3, 0.4) is 0 Å². The van der Waals surface area contributed by atoms with Gasteiger partial charge in [-0.15, -0.1) is 0 Å².